The molecule has 0 fully saturated rings. The van der Waals surface area contributed by atoms with Crippen molar-refractivity contribution in [3.63, 3.8) is 0 Å². The standard InChI is InChI=1S/C14H19F3N2O3/c1-21-4-5-22-7-11-6-10(2-3-12(11)15)13(20)19-9-14(16,17)8-18/h2-3,6H,4-5,7-9,18H2,1H3,(H,19,20). The average Bonchev–Trinajstić information content (AvgIpc) is 2.51. The van der Waals surface area contributed by atoms with Gasteiger partial charge in [-0.25, -0.2) is 13.2 Å². The first-order valence-corrected chi connectivity index (χ1v) is 6.61. The second-order valence-electron chi connectivity index (χ2n) is 4.59. The third-order valence-electron chi connectivity index (χ3n) is 2.80. The molecule has 0 bridgehead atoms. The van der Waals surface area contributed by atoms with Crippen molar-refractivity contribution in [1.29, 1.82) is 0 Å². The molecule has 1 amide bonds. The van der Waals surface area contributed by atoms with Gasteiger partial charge in [0.15, 0.2) is 0 Å². The van der Waals surface area contributed by atoms with Crippen molar-refractivity contribution in [2.24, 2.45) is 5.73 Å². The van der Waals surface area contributed by atoms with Crippen molar-refractivity contribution in [2.45, 2.75) is 12.5 Å². The van der Waals surface area contributed by atoms with Crippen LogP contribution < -0.4 is 11.1 Å². The fraction of sp³-hybridized carbons (Fsp3) is 0.500. The van der Waals surface area contributed by atoms with E-state index in [0.29, 0.717) is 6.61 Å². The number of carbonyl (C=O) groups is 1. The molecule has 0 aliphatic carbocycles. The number of carbonyl (C=O) groups excluding carboxylic acids is 1. The highest BCUT2D eigenvalue weighted by molar-refractivity contribution is 5.94. The third-order valence-corrected chi connectivity index (χ3v) is 2.80. The van der Waals surface area contributed by atoms with E-state index >= 15 is 0 Å². The SMILES string of the molecule is COCCOCc1cc(C(=O)NCC(F)(F)CN)ccc1F. The van der Waals surface area contributed by atoms with E-state index in [9.17, 15) is 18.0 Å². The summed E-state index contributed by atoms with van der Waals surface area (Å²) in [6.45, 7) is -1.16. The van der Waals surface area contributed by atoms with Gasteiger partial charge in [0.1, 0.15) is 5.82 Å². The molecule has 1 rings (SSSR count). The second-order valence-corrected chi connectivity index (χ2v) is 4.59. The van der Waals surface area contributed by atoms with Crippen LogP contribution in [0.3, 0.4) is 0 Å². The normalized spacial score (nSPS) is 11.5. The van der Waals surface area contributed by atoms with Crippen molar-refractivity contribution >= 4 is 5.91 Å². The zero-order valence-electron chi connectivity index (χ0n) is 12.2. The highest BCUT2D eigenvalue weighted by Crippen LogP contribution is 2.13. The van der Waals surface area contributed by atoms with Gasteiger partial charge >= 0.3 is 0 Å². The minimum Gasteiger partial charge on any atom is -0.382 e. The maximum atomic E-state index is 13.6. The minimum atomic E-state index is -3.18. The van der Waals surface area contributed by atoms with Gasteiger partial charge in [0, 0.05) is 18.2 Å². The summed E-state index contributed by atoms with van der Waals surface area (Å²) in [6.07, 6.45) is 0. The van der Waals surface area contributed by atoms with E-state index in [1.54, 1.807) is 0 Å². The largest absolute Gasteiger partial charge is 0.382 e. The fourth-order valence-corrected chi connectivity index (χ4v) is 1.53. The molecule has 0 aromatic heterocycles. The molecule has 3 N–H and O–H groups in total. The summed E-state index contributed by atoms with van der Waals surface area (Å²) < 4.78 is 49.5. The molecule has 0 spiro atoms. The van der Waals surface area contributed by atoms with E-state index < -0.39 is 30.7 Å². The number of benzene rings is 1. The number of nitrogens with one attached hydrogen (secondary N) is 1. The molecule has 8 heteroatoms. The predicted octanol–water partition coefficient (Wildman–Crippen LogP) is 1.31. The van der Waals surface area contributed by atoms with E-state index in [2.05, 4.69) is 5.32 Å². The highest BCUT2D eigenvalue weighted by atomic mass is 19.3. The summed E-state index contributed by atoms with van der Waals surface area (Å²) in [5, 5.41) is 2.06. The lowest BCUT2D eigenvalue weighted by atomic mass is 10.1. The summed E-state index contributed by atoms with van der Waals surface area (Å²) in [7, 11) is 1.51. The highest BCUT2D eigenvalue weighted by Gasteiger charge is 2.27. The van der Waals surface area contributed by atoms with Crippen LogP contribution in [0.1, 0.15) is 15.9 Å². The number of ether oxygens (including phenoxy) is 2. The monoisotopic (exact) mass is 320 g/mol. The zero-order chi connectivity index (χ0) is 16.6. The van der Waals surface area contributed by atoms with Gasteiger partial charge in [0.05, 0.1) is 32.9 Å². The molecular formula is C14H19F3N2O3. The Balaban J connectivity index is 2.65. The van der Waals surface area contributed by atoms with Crippen molar-refractivity contribution in [1.82, 2.24) is 5.32 Å². The predicted molar refractivity (Wildman–Crippen MR) is 74.3 cm³/mol. The molecule has 0 saturated carbocycles. The molecule has 0 saturated heterocycles. The topological polar surface area (TPSA) is 73.6 Å². The number of alkyl halides is 2. The Morgan fingerprint density at radius 3 is 2.73 bits per heavy atom. The molecule has 0 atom stereocenters. The average molecular weight is 320 g/mol. The minimum absolute atomic E-state index is 0.0464. The molecule has 0 radical (unpaired) electrons. The van der Waals surface area contributed by atoms with Gasteiger partial charge in [-0.05, 0) is 18.2 Å². The molecule has 1 aromatic carbocycles. The Bertz CT molecular complexity index is 498. The lowest BCUT2D eigenvalue weighted by Gasteiger charge is -2.15. The number of hydrogen-bond acceptors (Lipinski definition) is 4. The summed E-state index contributed by atoms with van der Waals surface area (Å²) in [6, 6.07) is 3.56. The lowest BCUT2D eigenvalue weighted by molar-refractivity contribution is 0.0118. The van der Waals surface area contributed by atoms with E-state index in [0.717, 1.165) is 6.07 Å². The van der Waals surface area contributed by atoms with Gasteiger partial charge < -0.3 is 20.5 Å². The molecule has 5 nitrogen and oxygen atoms in total. The van der Waals surface area contributed by atoms with Gasteiger partial charge in [-0.3, -0.25) is 4.79 Å². The van der Waals surface area contributed by atoms with Crippen molar-refractivity contribution in [2.75, 3.05) is 33.4 Å². The zero-order valence-corrected chi connectivity index (χ0v) is 12.2. The van der Waals surface area contributed by atoms with Crippen molar-refractivity contribution in [3.05, 3.63) is 35.1 Å². The Morgan fingerprint density at radius 2 is 2.09 bits per heavy atom. The molecule has 124 valence electrons. The smallest absolute Gasteiger partial charge is 0.277 e. The Morgan fingerprint density at radius 1 is 1.36 bits per heavy atom. The van der Waals surface area contributed by atoms with Gasteiger partial charge in [-0.15, -0.1) is 0 Å². The van der Waals surface area contributed by atoms with E-state index in [1.165, 1.54) is 19.2 Å². The first-order valence-electron chi connectivity index (χ1n) is 6.61. The first-order chi connectivity index (χ1) is 10.4. The van der Waals surface area contributed by atoms with Gasteiger partial charge in [-0.2, -0.15) is 0 Å². The maximum absolute atomic E-state index is 13.6. The number of rotatable bonds is 9. The van der Waals surface area contributed by atoms with Gasteiger partial charge in [0.25, 0.3) is 11.8 Å². The van der Waals surface area contributed by atoms with Crippen molar-refractivity contribution in [3.8, 4) is 0 Å². The summed E-state index contributed by atoms with van der Waals surface area (Å²) in [4.78, 5) is 11.8. The van der Waals surface area contributed by atoms with Gasteiger partial charge in [0.2, 0.25) is 0 Å². The second kappa shape index (κ2) is 8.72. The Kier molecular flexibility index (Phi) is 7.30. The van der Waals surface area contributed by atoms with Crippen LogP contribution in [0.25, 0.3) is 0 Å². The first kappa shape index (κ1) is 18.4. The van der Waals surface area contributed by atoms with Crippen LogP contribution in [0.4, 0.5) is 13.2 Å². The van der Waals surface area contributed by atoms with Crippen LogP contribution in [0.2, 0.25) is 0 Å². The molecular weight excluding hydrogens is 301 g/mol. The third kappa shape index (κ3) is 6.00. The summed E-state index contributed by atoms with van der Waals surface area (Å²) in [5.74, 6) is -4.45. The maximum Gasteiger partial charge on any atom is 0.277 e. The quantitative estimate of drug-likeness (QED) is 0.673. The summed E-state index contributed by atoms with van der Waals surface area (Å²) in [5.41, 5.74) is 5.11. The molecule has 0 heterocycles. The van der Waals surface area contributed by atoms with Crippen molar-refractivity contribution < 1.29 is 27.4 Å². The fourth-order valence-electron chi connectivity index (χ4n) is 1.53. The number of halogens is 3. The number of amides is 1. The van der Waals surface area contributed by atoms with Gasteiger partial charge in [-0.1, -0.05) is 0 Å². The number of hydrogen-bond donors (Lipinski definition) is 2. The van der Waals surface area contributed by atoms with E-state index in [4.69, 9.17) is 15.2 Å². The van der Waals surface area contributed by atoms with Crippen LogP contribution >= 0.6 is 0 Å². The molecule has 22 heavy (non-hydrogen) atoms. The number of nitrogens with two attached hydrogens (primary N) is 1. The molecule has 0 aliphatic heterocycles. The van der Waals surface area contributed by atoms with E-state index in [1.807, 2.05) is 0 Å². The van der Waals surface area contributed by atoms with Crippen LogP contribution in [0, 0.1) is 5.82 Å². The van der Waals surface area contributed by atoms with Crippen LogP contribution in [0.15, 0.2) is 18.2 Å². The van der Waals surface area contributed by atoms with Crippen LogP contribution in [0.5, 0.6) is 0 Å². The van der Waals surface area contributed by atoms with E-state index in [-0.39, 0.29) is 24.3 Å². The van der Waals surface area contributed by atoms with Crippen LogP contribution in [-0.4, -0.2) is 45.2 Å². The molecule has 0 unspecified atom stereocenters. The van der Waals surface area contributed by atoms with Crippen LogP contribution in [-0.2, 0) is 16.1 Å². The molecule has 1 aromatic rings. The molecule has 0 aliphatic rings. The Hall–Kier alpha value is -1.64. The number of methoxy groups -OCH3 is 1. The Labute approximate surface area is 126 Å². The summed E-state index contributed by atoms with van der Waals surface area (Å²) >= 11 is 0. The lowest BCUT2D eigenvalue weighted by Crippen LogP contribution is -2.41.